The van der Waals surface area contributed by atoms with E-state index in [2.05, 4.69) is 15.5 Å². The summed E-state index contributed by atoms with van der Waals surface area (Å²) in [5.74, 6) is -0.00699. The number of fused-ring (bicyclic) bond motifs is 1. The minimum atomic E-state index is -0.192. The normalized spacial score (nSPS) is 17.5. The Kier molecular flexibility index (Phi) is 3.37. The highest BCUT2D eigenvalue weighted by molar-refractivity contribution is 5.76. The van der Waals surface area contributed by atoms with Crippen LogP contribution in [-0.4, -0.2) is 26.7 Å². The van der Waals surface area contributed by atoms with E-state index >= 15 is 0 Å². The zero-order chi connectivity index (χ0) is 13.9. The molecule has 2 aromatic rings. The molecule has 1 atom stereocenters. The minimum absolute atomic E-state index is 0.00699. The first-order valence-electron chi connectivity index (χ1n) is 6.68. The van der Waals surface area contributed by atoms with Gasteiger partial charge in [0.1, 0.15) is 6.54 Å². The Bertz CT molecular complexity index is 660. The second-order valence-corrected chi connectivity index (χ2v) is 5.07. The Hall–Kier alpha value is -2.37. The highest BCUT2D eigenvalue weighted by Gasteiger charge is 2.21. The molecule has 0 aromatic carbocycles. The van der Waals surface area contributed by atoms with Crippen LogP contribution < -0.4 is 10.9 Å². The number of aromatic nitrogens is 3. The summed E-state index contributed by atoms with van der Waals surface area (Å²) in [7, 11) is 0. The molecular formula is C14H16N4O2. The van der Waals surface area contributed by atoms with Crippen LogP contribution in [0.3, 0.4) is 0 Å². The first kappa shape index (κ1) is 12.7. The number of amides is 1. The molecule has 0 radical (unpaired) electrons. The Morgan fingerprint density at radius 1 is 1.45 bits per heavy atom. The van der Waals surface area contributed by atoms with Crippen molar-refractivity contribution >= 4 is 5.91 Å². The summed E-state index contributed by atoms with van der Waals surface area (Å²) in [5.41, 5.74) is 1.68. The maximum absolute atomic E-state index is 11.9. The van der Waals surface area contributed by atoms with Gasteiger partial charge in [0.2, 0.25) is 5.91 Å². The molecule has 0 fully saturated rings. The van der Waals surface area contributed by atoms with Gasteiger partial charge in [0, 0.05) is 24.5 Å². The highest BCUT2D eigenvalue weighted by atomic mass is 16.2. The Labute approximate surface area is 115 Å². The number of hydrogen-bond donors (Lipinski definition) is 2. The summed E-state index contributed by atoms with van der Waals surface area (Å²) in [6.45, 7) is 0.323. The molecule has 0 aliphatic heterocycles. The molecule has 6 nitrogen and oxygen atoms in total. The van der Waals surface area contributed by atoms with Crippen molar-refractivity contribution < 1.29 is 4.79 Å². The summed E-state index contributed by atoms with van der Waals surface area (Å²) in [6.07, 6.45) is 6.02. The highest BCUT2D eigenvalue weighted by Crippen LogP contribution is 2.17. The molecule has 6 heteroatoms. The number of rotatable bonds is 3. The number of carbonyl (C=O) groups is 1. The van der Waals surface area contributed by atoms with E-state index in [0.29, 0.717) is 13.0 Å². The average molecular weight is 272 g/mol. The minimum Gasteiger partial charge on any atom is -0.351 e. The summed E-state index contributed by atoms with van der Waals surface area (Å²) in [5, 5.41) is 9.51. The van der Waals surface area contributed by atoms with Crippen molar-refractivity contribution in [2.75, 3.05) is 0 Å². The second-order valence-electron chi connectivity index (χ2n) is 5.07. The molecule has 20 heavy (non-hydrogen) atoms. The van der Waals surface area contributed by atoms with E-state index in [9.17, 15) is 9.59 Å². The molecule has 104 valence electrons. The number of aryl methyl sites for hydroxylation is 1. The van der Waals surface area contributed by atoms with E-state index in [-0.39, 0.29) is 17.5 Å². The lowest BCUT2D eigenvalue weighted by Gasteiger charge is -2.24. The predicted molar refractivity (Wildman–Crippen MR) is 73.2 cm³/mol. The van der Waals surface area contributed by atoms with Crippen molar-refractivity contribution in [2.24, 2.45) is 0 Å². The van der Waals surface area contributed by atoms with Gasteiger partial charge in [-0.2, -0.15) is 5.10 Å². The molecule has 1 amide bonds. The van der Waals surface area contributed by atoms with Gasteiger partial charge in [-0.15, -0.1) is 0 Å². The molecule has 2 aromatic heterocycles. The van der Waals surface area contributed by atoms with Crippen LogP contribution in [0.15, 0.2) is 35.4 Å². The SMILES string of the molecule is O=C(Cn1cccc1)NC1CCc2n[nH]c(=O)cc2C1. The van der Waals surface area contributed by atoms with Gasteiger partial charge in [0.15, 0.2) is 0 Å². The summed E-state index contributed by atoms with van der Waals surface area (Å²) < 4.78 is 1.83. The van der Waals surface area contributed by atoms with Crippen LogP contribution in [0.5, 0.6) is 0 Å². The third-order valence-electron chi connectivity index (χ3n) is 3.53. The third kappa shape index (κ3) is 2.79. The van der Waals surface area contributed by atoms with Crippen LogP contribution in [-0.2, 0) is 24.2 Å². The molecule has 0 saturated heterocycles. The number of carbonyl (C=O) groups excluding carboxylic acids is 1. The van der Waals surface area contributed by atoms with Crippen LogP contribution in [0.1, 0.15) is 17.7 Å². The van der Waals surface area contributed by atoms with Crippen molar-refractivity contribution in [2.45, 2.75) is 31.8 Å². The van der Waals surface area contributed by atoms with Gasteiger partial charge in [-0.05, 0) is 37.0 Å². The standard InChI is InChI=1S/C14H16N4O2/c19-13-8-10-7-11(3-4-12(10)16-17-13)15-14(20)9-18-5-1-2-6-18/h1-2,5-6,8,11H,3-4,7,9H2,(H,15,20)(H,17,19). The number of hydrogen-bond acceptors (Lipinski definition) is 3. The van der Waals surface area contributed by atoms with Crippen LogP contribution in [0.25, 0.3) is 0 Å². The Morgan fingerprint density at radius 3 is 3.05 bits per heavy atom. The molecule has 0 saturated carbocycles. The van der Waals surface area contributed by atoms with Crippen LogP contribution >= 0.6 is 0 Å². The van der Waals surface area contributed by atoms with Crippen molar-refractivity contribution in [1.82, 2.24) is 20.1 Å². The van der Waals surface area contributed by atoms with Gasteiger partial charge < -0.3 is 9.88 Å². The fourth-order valence-electron chi connectivity index (χ4n) is 2.58. The van der Waals surface area contributed by atoms with E-state index in [1.54, 1.807) is 6.07 Å². The molecule has 1 aliphatic rings. The van der Waals surface area contributed by atoms with E-state index in [1.807, 2.05) is 29.1 Å². The summed E-state index contributed by atoms with van der Waals surface area (Å²) in [6, 6.07) is 5.44. The topological polar surface area (TPSA) is 79.8 Å². The van der Waals surface area contributed by atoms with Crippen molar-refractivity contribution in [1.29, 1.82) is 0 Å². The van der Waals surface area contributed by atoms with E-state index in [1.165, 1.54) is 0 Å². The quantitative estimate of drug-likeness (QED) is 0.840. The zero-order valence-electron chi connectivity index (χ0n) is 11.0. The van der Waals surface area contributed by atoms with Crippen LogP contribution in [0.4, 0.5) is 0 Å². The van der Waals surface area contributed by atoms with E-state index < -0.39 is 0 Å². The molecule has 3 rings (SSSR count). The number of nitrogens with zero attached hydrogens (tertiary/aromatic N) is 2. The van der Waals surface area contributed by atoms with Crippen LogP contribution in [0, 0.1) is 0 Å². The lowest BCUT2D eigenvalue weighted by atomic mass is 9.92. The average Bonchev–Trinajstić information content (AvgIpc) is 2.91. The number of H-pyrrole nitrogens is 1. The maximum Gasteiger partial charge on any atom is 0.264 e. The number of aromatic amines is 1. The molecule has 0 bridgehead atoms. The van der Waals surface area contributed by atoms with E-state index in [0.717, 1.165) is 24.1 Å². The van der Waals surface area contributed by atoms with E-state index in [4.69, 9.17) is 0 Å². The smallest absolute Gasteiger partial charge is 0.264 e. The Balaban J connectivity index is 1.62. The van der Waals surface area contributed by atoms with Gasteiger partial charge in [-0.25, -0.2) is 5.10 Å². The molecule has 2 N–H and O–H groups in total. The first-order valence-corrected chi connectivity index (χ1v) is 6.68. The lowest BCUT2D eigenvalue weighted by molar-refractivity contribution is -0.122. The summed E-state index contributed by atoms with van der Waals surface area (Å²) >= 11 is 0. The van der Waals surface area contributed by atoms with Gasteiger partial charge in [0.25, 0.3) is 5.56 Å². The Morgan fingerprint density at radius 2 is 2.25 bits per heavy atom. The second kappa shape index (κ2) is 5.32. The lowest BCUT2D eigenvalue weighted by Crippen LogP contribution is -2.41. The summed E-state index contributed by atoms with van der Waals surface area (Å²) in [4.78, 5) is 23.2. The first-order chi connectivity index (χ1) is 9.70. The van der Waals surface area contributed by atoms with Gasteiger partial charge in [0.05, 0.1) is 5.69 Å². The predicted octanol–water partition coefficient (Wildman–Crippen LogP) is 0.245. The zero-order valence-corrected chi connectivity index (χ0v) is 11.0. The fourth-order valence-corrected chi connectivity index (χ4v) is 2.58. The fraction of sp³-hybridized carbons (Fsp3) is 0.357. The van der Waals surface area contributed by atoms with Crippen molar-refractivity contribution in [3.63, 3.8) is 0 Å². The van der Waals surface area contributed by atoms with Gasteiger partial charge >= 0.3 is 0 Å². The molecule has 2 heterocycles. The van der Waals surface area contributed by atoms with Gasteiger partial charge in [-0.1, -0.05) is 0 Å². The maximum atomic E-state index is 11.9. The largest absolute Gasteiger partial charge is 0.351 e. The monoisotopic (exact) mass is 272 g/mol. The van der Waals surface area contributed by atoms with Crippen LogP contribution in [0.2, 0.25) is 0 Å². The van der Waals surface area contributed by atoms with Gasteiger partial charge in [-0.3, -0.25) is 9.59 Å². The third-order valence-corrected chi connectivity index (χ3v) is 3.53. The molecule has 0 spiro atoms. The number of nitrogens with one attached hydrogen (secondary N) is 2. The van der Waals surface area contributed by atoms with Crippen molar-refractivity contribution in [3.8, 4) is 0 Å². The van der Waals surface area contributed by atoms with Crippen molar-refractivity contribution in [3.05, 3.63) is 52.2 Å². The molecular weight excluding hydrogens is 256 g/mol. The molecule has 1 unspecified atom stereocenters. The molecule has 1 aliphatic carbocycles.